The topological polar surface area (TPSA) is 107 Å². The van der Waals surface area contributed by atoms with Gasteiger partial charge in [0.15, 0.2) is 14.5 Å². The van der Waals surface area contributed by atoms with Crippen molar-refractivity contribution < 1.29 is 18.6 Å². The lowest BCUT2D eigenvalue weighted by Crippen LogP contribution is -2.43. The maximum absolute atomic E-state index is 6.86. The summed E-state index contributed by atoms with van der Waals surface area (Å²) in [6.45, 7) is 33.8. The predicted octanol–water partition coefficient (Wildman–Crippen LogP) is 10.8. The van der Waals surface area contributed by atoms with Crippen molar-refractivity contribution in [3.63, 3.8) is 0 Å². The van der Waals surface area contributed by atoms with Crippen molar-refractivity contribution in [1.82, 2.24) is 39.2 Å². The Bertz CT molecular complexity index is 2150. The Labute approximate surface area is 381 Å². The summed E-state index contributed by atoms with van der Waals surface area (Å²) < 4.78 is 32.7. The fraction of sp³-hybridized carbons (Fsp3) is 0.696. The molecule has 0 aromatic carbocycles. The Hall–Kier alpha value is -2.76. The van der Waals surface area contributed by atoms with E-state index in [1.165, 1.54) is 12.8 Å². The van der Waals surface area contributed by atoms with Gasteiger partial charge in [0.25, 0.3) is 0 Å². The second-order valence-corrected chi connectivity index (χ2v) is 31.2. The van der Waals surface area contributed by atoms with Crippen LogP contribution in [-0.2, 0) is 29.3 Å². The number of pyridine rings is 1. The van der Waals surface area contributed by atoms with Crippen molar-refractivity contribution in [3.8, 4) is 34.5 Å². The number of hydrogen-bond acceptors (Lipinski definition) is 9. The van der Waals surface area contributed by atoms with E-state index < -0.39 is 16.4 Å². The normalized spacial score (nSPS) is 17.2. The van der Waals surface area contributed by atoms with Crippen LogP contribution in [0.4, 0.5) is 0 Å². The average molecular weight is 985 g/mol. The Morgan fingerprint density at radius 2 is 1.70 bits per heavy atom. The van der Waals surface area contributed by atoms with Crippen LogP contribution in [0.3, 0.4) is 0 Å². The molecule has 336 valence electrons. The molecule has 0 N–H and O–H groups in total. The number of fused-ring (bicyclic) bond motifs is 1. The van der Waals surface area contributed by atoms with Crippen LogP contribution in [0.15, 0.2) is 18.5 Å². The van der Waals surface area contributed by atoms with E-state index in [4.69, 9.17) is 38.9 Å². The minimum atomic E-state index is -2.01. The summed E-state index contributed by atoms with van der Waals surface area (Å²) in [4.78, 5) is 7.58. The van der Waals surface area contributed by atoms with Gasteiger partial charge in [-0.3, -0.25) is 14.6 Å². The van der Waals surface area contributed by atoms with E-state index in [1.54, 1.807) is 0 Å². The lowest BCUT2D eigenvalue weighted by molar-refractivity contribution is -0.0367. The summed E-state index contributed by atoms with van der Waals surface area (Å²) in [5.41, 5.74) is 10.0. The highest BCUT2D eigenvalue weighted by atomic mass is 127. The molecule has 4 aromatic heterocycles. The summed E-state index contributed by atoms with van der Waals surface area (Å²) in [5.74, 6) is 5.07. The first-order valence-corrected chi connectivity index (χ1v) is 29.0. The van der Waals surface area contributed by atoms with Crippen molar-refractivity contribution in [1.29, 1.82) is 0 Å². The zero-order chi connectivity index (χ0) is 44.4. The van der Waals surface area contributed by atoms with E-state index in [-0.39, 0.29) is 17.4 Å². The number of halogens is 1. The van der Waals surface area contributed by atoms with Gasteiger partial charge in [-0.2, -0.15) is 10.2 Å². The van der Waals surface area contributed by atoms with E-state index in [2.05, 4.69) is 132 Å². The minimum Gasteiger partial charge on any atom is -0.476 e. The molecule has 15 heteroatoms. The summed E-state index contributed by atoms with van der Waals surface area (Å²) in [7, 11) is -1.97. The maximum atomic E-state index is 6.86. The summed E-state index contributed by atoms with van der Waals surface area (Å²) >= 11 is 2.41. The van der Waals surface area contributed by atoms with Crippen LogP contribution in [0.1, 0.15) is 126 Å². The molecular formula is C46H73IN8O4Si2. The van der Waals surface area contributed by atoms with Crippen LogP contribution in [0, 0.1) is 15.0 Å². The van der Waals surface area contributed by atoms with E-state index in [0.29, 0.717) is 54.2 Å². The molecule has 12 nitrogen and oxygen atoms in total. The molecule has 1 aliphatic carbocycles. The van der Waals surface area contributed by atoms with Crippen LogP contribution in [0.25, 0.3) is 22.2 Å². The third-order valence-electron chi connectivity index (χ3n) is 13.5. The first-order chi connectivity index (χ1) is 28.8. The minimum absolute atomic E-state index is 0.127. The summed E-state index contributed by atoms with van der Waals surface area (Å²) in [6, 6.07) is 2.63. The number of ether oxygens (including phenoxy) is 3. The molecule has 1 saturated heterocycles. The average Bonchev–Trinajstić information content (AvgIpc) is 3.82. The number of aryl methyl sites for hydroxylation is 1. The Morgan fingerprint density at radius 3 is 2.31 bits per heavy atom. The summed E-state index contributed by atoms with van der Waals surface area (Å²) in [6.07, 6.45) is 8.99. The zero-order valence-electron chi connectivity index (χ0n) is 39.6. The van der Waals surface area contributed by atoms with Gasteiger partial charge in [-0.15, -0.1) is 10.6 Å². The van der Waals surface area contributed by atoms with E-state index in [1.807, 2.05) is 35.7 Å². The fourth-order valence-electron chi connectivity index (χ4n) is 8.91. The van der Waals surface area contributed by atoms with Crippen LogP contribution in [0.2, 0.25) is 34.8 Å². The van der Waals surface area contributed by atoms with Gasteiger partial charge in [-0.1, -0.05) is 68.2 Å². The van der Waals surface area contributed by atoms with E-state index >= 15 is 0 Å². The van der Waals surface area contributed by atoms with Gasteiger partial charge >= 0.3 is 0 Å². The van der Waals surface area contributed by atoms with Crippen molar-refractivity contribution in [2.75, 3.05) is 26.4 Å². The molecule has 1 saturated carbocycles. The molecule has 61 heavy (non-hydrogen) atoms. The van der Waals surface area contributed by atoms with Crippen molar-refractivity contribution in [3.05, 3.63) is 33.4 Å². The lowest BCUT2D eigenvalue weighted by atomic mass is 10.1. The molecular weight excluding hydrogens is 912 g/mol. The van der Waals surface area contributed by atoms with Crippen LogP contribution >= 0.6 is 22.6 Å². The van der Waals surface area contributed by atoms with E-state index in [0.717, 1.165) is 76.1 Å². The Balaban J connectivity index is 1.27. The molecule has 6 rings (SSSR count). The van der Waals surface area contributed by atoms with Crippen LogP contribution < -0.4 is 9.47 Å². The van der Waals surface area contributed by atoms with E-state index in [9.17, 15) is 0 Å². The monoisotopic (exact) mass is 984 g/mol. The lowest BCUT2D eigenvalue weighted by Gasteiger charge is -2.38. The third-order valence-corrected chi connectivity index (χ3v) is 25.4. The van der Waals surface area contributed by atoms with Gasteiger partial charge < -0.3 is 18.6 Å². The van der Waals surface area contributed by atoms with Crippen molar-refractivity contribution in [2.45, 2.75) is 174 Å². The van der Waals surface area contributed by atoms with Crippen molar-refractivity contribution >= 4 is 49.9 Å². The van der Waals surface area contributed by atoms with Crippen LogP contribution in [-0.4, -0.2) is 94.1 Å². The largest absolute Gasteiger partial charge is 0.476 e. The third kappa shape index (κ3) is 10.5. The van der Waals surface area contributed by atoms with Gasteiger partial charge in [0.05, 0.1) is 58.2 Å². The molecule has 2 aliphatic rings. The number of hydrogen-bond donors (Lipinski definition) is 0. The Morgan fingerprint density at radius 1 is 1.00 bits per heavy atom. The van der Waals surface area contributed by atoms with Gasteiger partial charge in [-0.25, -0.2) is 9.36 Å². The first kappa shape index (κ1) is 47.7. The highest BCUT2D eigenvalue weighted by molar-refractivity contribution is 14.1. The highest BCUT2D eigenvalue weighted by Crippen LogP contribution is 2.42. The smallest absolute Gasteiger partial charge is 0.246 e. The molecule has 4 aromatic rings. The van der Waals surface area contributed by atoms with Gasteiger partial charge in [0.1, 0.15) is 19.9 Å². The zero-order valence-corrected chi connectivity index (χ0v) is 43.7. The molecule has 1 aliphatic heterocycles. The molecule has 5 heterocycles. The molecule has 1 unspecified atom stereocenters. The quantitative estimate of drug-likeness (QED) is 0.0547. The second-order valence-electron chi connectivity index (χ2n) is 19.8. The first-order valence-electron chi connectivity index (χ1n) is 22.8. The highest BCUT2D eigenvalue weighted by Gasteiger charge is 2.42. The SMILES string of the molecule is CCOc1nn(CCO[Si](C)(C)C(C)(C)C)c(CN(C[C@H](C)Oc2c(-c3cc4c(C#C[Si](C(C)C)(C(C)C)C(C)C)nn(C5CCCCO5)c4cn3)cnn2C)C2CC2)c1I. The van der Waals surface area contributed by atoms with Gasteiger partial charge in [-0.05, 0) is 109 Å². The predicted molar refractivity (Wildman–Crippen MR) is 259 cm³/mol. The number of nitrogens with zero attached hydrogens (tertiary/aromatic N) is 8. The molecule has 2 atom stereocenters. The number of aromatic nitrogens is 7. The maximum Gasteiger partial charge on any atom is 0.246 e. The summed E-state index contributed by atoms with van der Waals surface area (Å²) in [5, 5.41) is 15.9. The van der Waals surface area contributed by atoms with Gasteiger partial charge in [0, 0.05) is 38.2 Å². The van der Waals surface area contributed by atoms with Gasteiger partial charge in [0.2, 0.25) is 11.8 Å². The molecule has 0 amide bonds. The molecule has 0 bridgehead atoms. The standard InChI is InChI=1S/C46H73IN8O4Si2/c1-15-56-44-43(47)41(54(51-44)22-24-58-60(13,14)46(9,10)11)30-53(35-19-20-35)29-34(8)59-45-37(27-49-52(45)12)39-26-36-38(21-25-61(31(2)3,32(4)5)33(6)7)50-55(40(36)28-48-39)42-18-16-17-23-57-42/h26-28,31-35,42H,15-20,22-24,29-30H2,1-14H3/t34-,42?/m0/s1. The number of rotatable bonds is 18. The molecule has 0 spiro atoms. The van der Waals surface area contributed by atoms with Crippen molar-refractivity contribution in [2.24, 2.45) is 7.05 Å². The van der Waals surface area contributed by atoms with Crippen LogP contribution in [0.5, 0.6) is 11.8 Å². The Kier molecular flexibility index (Phi) is 15.3. The molecule has 0 radical (unpaired) electrons. The fourth-order valence-corrected chi connectivity index (χ4v) is 15.9. The molecule has 2 fully saturated rings. The second kappa shape index (κ2) is 19.5.